The molecule has 4 rings (SSSR count). The Kier molecular flexibility index (Phi) is 6.13. The first kappa shape index (κ1) is 20.5. The lowest BCUT2D eigenvalue weighted by Crippen LogP contribution is -2.44. The normalized spacial score (nSPS) is 19.7. The molecule has 0 radical (unpaired) electrons. The number of benzene rings is 2. The number of aryl methyl sites for hydroxylation is 1. The van der Waals surface area contributed by atoms with E-state index in [0.717, 1.165) is 48.9 Å². The lowest BCUT2D eigenvalue weighted by atomic mass is 9.93. The SMILES string of the molecule is CC(C(=O)Nc1ccc(F)cc1)c1ccc2c(c1)CCCN2C(=O)C1CCCCO1. The zero-order valence-corrected chi connectivity index (χ0v) is 17.2. The molecule has 0 aromatic heterocycles. The summed E-state index contributed by atoms with van der Waals surface area (Å²) in [6, 6.07) is 11.6. The summed E-state index contributed by atoms with van der Waals surface area (Å²) in [5.41, 5.74) is 3.48. The van der Waals surface area contributed by atoms with Crippen molar-refractivity contribution >= 4 is 23.2 Å². The van der Waals surface area contributed by atoms with Gasteiger partial charge in [-0.1, -0.05) is 12.1 Å². The van der Waals surface area contributed by atoms with E-state index in [1.54, 1.807) is 12.1 Å². The van der Waals surface area contributed by atoms with Gasteiger partial charge in [0.1, 0.15) is 11.9 Å². The molecule has 1 N–H and O–H groups in total. The van der Waals surface area contributed by atoms with Crippen LogP contribution < -0.4 is 10.2 Å². The van der Waals surface area contributed by atoms with Crippen molar-refractivity contribution in [3.8, 4) is 0 Å². The summed E-state index contributed by atoms with van der Waals surface area (Å²) in [6.07, 6.45) is 4.25. The van der Waals surface area contributed by atoms with Crippen LogP contribution in [0, 0.1) is 5.82 Å². The topological polar surface area (TPSA) is 58.6 Å². The second-order valence-electron chi connectivity index (χ2n) is 8.05. The number of anilines is 2. The number of fused-ring (bicyclic) bond motifs is 1. The van der Waals surface area contributed by atoms with Crippen molar-refractivity contribution in [1.82, 2.24) is 0 Å². The molecule has 0 aliphatic carbocycles. The standard InChI is InChI=1S/C24H27FN2O3/c1-16(23(28)26-20-10-8-19(25)9-11-20)17-7-12-21-18(15-17)5-4-13-27(21)24(29)22-6-2-3-14-30-22/h7-12,15-16,22H,2-6,13-14H2,1H3,(H,26,28). The molecule has 2 heterocycles. The van der Waals surface area contributed by atoms with Crippen molar-refractivity contribution in [3.63, 3.8) is 0 Å². The minimum Gasteiger partial charge on any atom is -0.368 e. The smallest absolute Gasteiger partial charge is 0.256 e. The molecular formula is C24H27FN2O3. The van der Waals surface area contributed by atoms with E-state index >= 15 is 0 Å². The summed E-state index contributed by atoms with van der Waals surface area (Å²) < 4.78 is 18.8. The average molecular weight is 410 g/mol. The minimum absolute atomic E-state index is 0.0468. The predicted molar refractivity (Wildman–Crippen MR) is 114 cm³/mol. The first-order chi connectivity index (χ1) is 14.5. The molecule has 0 spiro atoms. The number of hydrogen-bond donors (Lipinski definition) is 1. The van der Waals surface area contributed by atoms with Crippen molar-refractivity contribution in [2.45, 2.75) is 51.0 Å². The predicted octanol–water partition coefficient (Wildman–Crippen LogP) is 4.42. The molecule has 2 amide bonds. The van der Waals surface area contributed by atoms with E-state index in [1.807, 2.05) is 30.0 Å². The summed E-state index contributed by atoms with van der Waals surface area (Å²) in [5, 5.41) is 2.83. The lowest BCUT2D eigenvalue weighted by molar-refractivity contribution is -0.132. The number of nitrogens with one attached hydrogen (secondary N) is 1. The number of carbonyl (C=O) groups excluding carboxylic acids is 2. The Morgan fingerprint density at radius 3 is 2.67 bits per heavy atom. The molecule has 1 saturated heterocycles. The molecule has 0 bridgehead atoms. The fourth-order valence-electron chi connectivity index (χ4n) is 4.16. The number of amides is 2. The summed E-state index contributed by atoms with van der Waals surface area (Å²) in [5.74, 6) is -0.812. The van der Waals surface area contributed by atoms with Crippen LogP contribution in [0.25, 0.3) is 0 Å². The van der Waals surface area contributed by atoms with Crippen LogP contribution in [0.3, 0.4) is 0 Å². The fourth-order valence-corrected chi connectivity index (χ4v) is 4.16. The van der Waals surface area contributed by atoms with Gasteiger partial charge in [-0.3, -0.25) is 9.59 Å². The van der Waals surface area contributed by atoms with E-state index in [9.17, 15) is 14.0 Å². The van der Waals surface area contributed by atoms with E-state index < -0.39 is 0 Å². The van der Waals surface area contributed by atoms with Crippen LogP contribution in [0.1, 0.15) is 49.7 Å². The Morgan fingerprint density at radius 2 is 1.93 bits per heavy atom. The van der Waals surface area contributed by atoms with E-state index in [2.05, 4.69) is 5.32 Å². The van der Waals surface area contributed by atoms with Crippen LogP contribution >= 0.6 is 0 Å². The maximum atomic E-state index is 13.1. The van der Waals surface area contributed by atoms with E-state index in [0.29, 0.717) is 18.8 Å². The van der Waals surface area contributed by atoms with Gasteiger partial charge in [-0.25, -0.2) is 4.39 Å². The van der Waals surface area contributed by atoms with Gasteiger partial charge in [0.05, 0.1) is 5.92 Å². The first-order valence-corrected chi connectivity index (χ1v) is 10.6. The highest BCUT2D eigenvalue weighted by Crippen LogP contribution is 2.32. The number of ether oxygens (including phenoxy) is 1. The number of carbonyl (C=O) groups is 2. The molecule has 2 unspecified atom stereocenters. The second kappa shape index (κ2) is 8.96. The van der Waals surface area contributed by atoms with Crippen molar-refractivity contribution < 1.29 is 18.7 Å². The van der Waals surface area contributed by atoms with Gasteiger partial charge in [0.25, 0.3) is 5.91 Å². The highest BCUT2D eigenvalue weighted by molar-refractivity contribution is 5.98. The number of rotatable bonds is 4. The van der Waals surface area contributed by atoms with Gasteiger partial charge in [0, 0.05) is 24.5 Å². The van der Waals surface area contributed by atoms with Crippen molar-refractivity contribution in [3.05, 3.63) is 59.4 Å². The summed E-state index contributed by atoms with van der Waals surface area (Å²) >= 11 is 0. The Hall–Kier alpha value is -2.73. The molecule has 5 nitrogen and oxygen atoms in total. The van der Waals surface area contributed by atoms with E-state index in [1.165, 1.54) is 12.1 Å². The quantitative estimate of drug-likeness (QED) is 0.812. The third-order valence-electron chi connectivity index (χ3n) is 5.95. The third-order valence-corrected chi connectivity index (χ3v) is 5.95. The second-order valence-corrected chi connectivity index (χ2v) is 8.05. The van der Waals surface area contributed by atoms with Gasteiger partial charge in [-0.05, 0) is 80.5 Å². The Labute approximate surface area is 176 Å². The van der Waals surface area contributed by atoms with Crippen LogP contribution in [-0.4, -0.2) is 31.1 Å². The van der Waals surface area contributed by atoms with Crippen LogP contribution in [0.5, 0.6) is 0 Å². The molecule has 0 saturated carbocycles. The van der Waals surface area contributed by atoms with E-state index in [4.69, 9.17) is 4.74 Å². The molecule has 6 heteroatoms. The monoisotopic (exact) mass is 410 g/mol. The summed E-state index contributed by atoms with van der Waals surface area (Å²) in [7, 11) is 0. The molecule has 1 fully saturated rings. The molecular weight excluding hydrogens is 383 g/mol. The van der Waals surface area contributed by atoms with Crippen molar-refractivity contribution in [2.24, 2.45) is 0 Å². The minimum atomic E-state index is -0.367. The van der Waals surface area contributed by atoms with E-state index in [-0.39, 0.29) is 29.7 Å². The largest absolute Gasteiger partial charge is 0.368 e. The Bertz CT molecular complexity index is 923. The third kappa shape index (κ3) is 4.38. The zero-order valence-electron chi connectivity index (χ0n) is 17.2. The van der Waals surface area contributed by atoms with Gasteiger partial charge in [0.2, 0.25) is 5.91 Å². The van der Waals surface area contributed by atoms with Crippen LogP contribution in [0.2, 0.25) is 0 Å². The average Bonchev–Trinajstić information content (AvgIpc) is 2.79. The molecule has 2 aliphatic heterocycles. The maximum Gasteiger partial charge on any atom is 0.256 e. The lowest BCUT2D eigenvalue weighted by Gasteiger charge is -2.34. The Balaban J connectivity index is 1.49. The number of hydrogen-bond acceptors (Lipinski definition) is 3. The molecule has 2 atom stereocenters. The van der Waals surface area contributed by atoms with Crippen LogP contribution in [-0.2, 0) is 20.7 Å². The first-order valence-electron chi connectivity index (χ1n) is 10.6. The van der Waals surface area contributed by atoms with Crippen molar-refractivity contribution in [2.75, 3.05) is 23.4 Å². The molecule has 158 valence electrons. The molecule has 2 aromatic rings. The van der Waals surface area contributed by atoms with Gasteiger partial charge in [-0.2, -0.15) is 0 Å². The van der Waals surface area contributed by atoms with Crippen molar-refractivity contribution in [1.29, 1.82) is 0 Å². The highest BCUT2D eigenvalue weighted by Gasteiger charge is 2.31. The molecule has 30 heavy (non-hydrogen) atoms. The van der Waals surface area contributed by atoms with Crippen LogP contribution in [0.15, 0.2) is 42.5 Å². The molecule has 2 aliphatic rings. The molecule has 2 aromatic carbocycles. The summed E-state index contributed by atoms with van der Waals surface area (Å²) in [6.45, 7) is 3.20. The number of nitrogens with zero attached hydrogens (tertiary/aromatic N) is 1. The van der Waals surface area contributed by atoms with Gasteiger partial charge >= 0.3 is 0 Å². The summed E-state index contributed by atoms with van der Waals surface area (Å²) in [4.78, 5) is 27.5. The maximum absolute atomic E-state index is 13.1. The number of halogens is 1. The zero-order chi connectivity index (χ0) is 21.1. The van der Waals surface area contributed by atoms with Crippen LogP contribution in [0.4, 0.5) is 15.8 Å². The fraction of sp³-hybridized carbons (Fsp3) is 0.417. The van der Waals surface area contributed by atoms with Gasteiger partial charge in [0.15, 0.2) is 0 Å². The van der Waals surface area contributed by atoms with Gasteiger partial charge in [-0.15, -0.1) is 0 Å². The highest BCUT2D eigenvalue weighted by atomic mass is 19.1. The Morgan fingerprint density at radius 1 is 1.13 bits per heavy atom. The van der Waals surface area contributed by atoms with Gasteiger partial charge < -0.3 is 15.0 Å².